The first kappa shape index (κ1) is 63.5. The molecule has 0 unspecified atom stereocenters. The maximum atomic E-state index is 7.19. The monoisotopic (exact) mass is 1320 g/mol. The molecule has 0 saturated heterocycles. The van der Waals surface area contributed by atoms with Crippen molar-refractivity contribution in [3.8, 4) is 0 Å². The van der Waals surface area contributed by atoms with Gasteiger partial charge in [0, 0.05) is 55.1 Å². The number of anilines is 12. The van der Waals surface area contributed by atoms with Gasteiger partial charge in [-0.15, -0.1) is 0 Å². The fourth-order valence-corrected chi connectivity index (χ4v) is 16.0. The Kier molecular flexibility index (Phi) is 14.4. The van der Waals surface area contributed by atoms with Crippen molar-refractivity contribution in [3.63, 3.8) is 0 Å². The zero-order valence-electron chi connectivity index (χ0n) is 60.7. The summed E-state index contributed by atoms with van der Waals surface area (Å²) in [7, 11) is 0. The molecule has 2 aliphatic heterocycles. The highest BCUT2D eigenvalue weighted by atomic mass is 16.3. The van der Waals surface area contributed by atoms with Crippen LogP contribution in [-0.2, 0) is 27.1 Å². The number of furan rings is 2. The highest BCUT2D eigenvalue weighted by Crippen LogP contribution is 2.52. The summed E-state index contributed by atoms with van der Waals surface area (Å²) in [5, 5.41) is 8.89. The molecule has 0 amide bonds. The number of aromatic nitrogens is 2. The standard InChI is InChI=1S/C92H85BN6O2/c1-88(2,3)56-38-42-59(43-39-56)96(73-50-46-69(91(10,11)12)61-26-16-18-28-63(61)73)81-52-48-71-86(94-81)98(75-34-24-32-67-65-30-20-22-36-79(65)100-84(67)75)77-54-58(90(7,8)9)55-78-83(77)93(71)72-49-53-82(95-87(72)99(78)76-35-25-33-68-66-31-21-23-37-80(66)101-85(68)76)97(60-44-40-57(41-45-60)89(4,5)6)74-51-47-70(92(13,14)15)62-27-17-19-29-64(62)74/h16-55H,1-15H3. The first-order valence-corrected chi connectivity index (χ1v) is 35.7. The SMILES string of the molecule is CC(C)(C)c1ccc(N(c2ccc3c(n2)N(c2cccc4c2oc2ccccc24)c2cc(C(C)(C)C)cc4c2B3c2ccc(N(c3ccc(C(C)(C)C)cc3)c3ccc(C(C)(C)C)c5ccccc35)nc2N4c2cccc3c2oc2ccccc23)c2ccc(C(C)(C)C)c3ccccc23)cc1. The van der Waals surface area contributed by atoms with Gasteiger partial charge in [-0.25, -0.2) is 9.97 Å². The van der Waals surface area contributed by atoms with Crippen molar-refractivity contribution in [1.82, 2.24) is 9.97 Å². The highest BCUT2D eigenvalue weighted by molar-refractivity contribution is 7.00. The van der Waals surface area contributed by atoms with E-state index in [0.29, 0.717) is 0 Å². The van der Waals surface area contributed by atoms with Gasteiger partial charge in [-0.1, -0.05) is 262 Å². The lowest BCUT2D eigenvalue weighted by atomic mass is 9.34. The lowest BCUT2D eigenvalue weighted by molar-refractivity contribution is 0.590. The Morgan fingerprint density at radius 2 is 0.663 bits per heavy atom. The smallest absolute Gasteiger partial charge is 0.256 e. The third-order valence-corrected chi connectivity index (χ3v) is 21.2. The van der Waals surface area contributed by atoms with Crippen LogP contribution in [-0.4, -0.2) is 16.7 Å². The molecule has 0 fully saturated rings. The van der Waals surface area contributed by atoms with Gasteiger partial charge in [0.05, 0.1) is 22.7 Å². The van der Waals surface area contributed by atoms with Crippen LogP contribution in [0.3, 0.4) is 0 Å². The molecule has 15 aromatic rings. The van der Waals surface area contributed by atoms with E-state index in [4.69, 9.17) is 18.8 Å². The van der Waals surface area contributed by atoms with Gasteiger partial charge in [0.15, 0.2) is 11.2 Å². The normalized spacial score (nSPS) is 13.4. The quantitative estimate of drug-likeness (QED) is 0.139. The lowest BCUT2D eigenvalue weighted by Crippen LogP contribution is -2.62. The summed E-state index contributed by atoms with van der Waals surface area (Å²) >= 11 is 0. The van der Waals surface area contributed by atoms with Crippen molar-refractivity contribution < 1.29 is 8.83 Å². The molecule has 0 aliphatic carbocycles. The summed E-state index contributed by atoms with van der Waals surface area (Å²) in [4.78, 5) is 22.1. The largest absolute Gasteiger partial charge is 0.454 e. The third-order valence-electron chi connectivity index (χ3n) is 21.2. The molecule has 0 spiro atoms. The Labute approximate surface area is 593 Å². The van der Waals surface area contributed by atoms with E-state index in [0.717, 1.165) is 145 Å². The second kappa shape index (κ2) is 22.8. The molecule has 101 heavy (non-hydrogen) atoms. The van der Waals surface area contributed by atoms with Crippen LogP contribution in [0.25, 0.3) is 65.4 Å². The van der Waals surface area contributed by atoms with Gasteiger partial charge in [-0.3, -0.25) is 19.6 Å². The molecule has 4 aromatic heterocycles. The number of hydrogen-bond donors (Lipinski definition) is 0. The molecule has 498 valence electrons. The minimum atomic E-state index is -0.378. The molecule has 0 atom stereocenters. The molecule has 0 N–H and O–H groups in total. The molecule has 2 aliphatic rings. The summed E-state index contributed by atoms with van der Waals surface area (Å²) in [6.07, 6.45) is 0. The van der Waals surface area contributed by atoms with Gasteiger partial charge in [0.2, 0.25) is 0 Å². The number of nitrogens with zero attached hydrogens (tertiary/aromatic N) is 6. The molecular weight excluding hydrogens is 1230 g/mol. The minimum absolute atomic E-state index is 0.0626. The van der Waals surface area contributed by atoms with E-state index in [1.807, 2.05) is 0 Å². The second-order valence-electron chi connectivity index (χ2n) is 33.1. The fourth-order valence-electron chi connectivity index (χ4n) is 16.0. The number of benzene rings is 11. The molecule has 9 heteroatoms. The van der Waals surface area contributed by atoms with E-state index in [1.54, 1.807) is 0 Å². The fraction of sp³-hybridized carbons (Fsp3) is 0.217. The van der Waals surface area contributed by atoms with Crippen LogP contribution >= 0.6 is 0 Å². The van der Waals surface area contributed by atoms with E-state index in [2.05, 4.69) is 366 Å². The van der Waals surface area contributed by atoms with Gasteiger partial charge in [0.1, 0.15) is 34.4 Å². The van der Waals surface area contributed by atoms with Crippen LogP contribution < -0.4 is 36.0 Å². The zero-order chi connectivity index (χ0) is 70.0. The average molecular weight is 1320 g/mol. The summed E-state index contributed by atoms with van der Waals surface area (Å²) < 4.78 is 14.4. The van der Waals surface area contributed by atoms with Crippen LogP contribution in [0.2, 0.25) is 0 Å². The van der Waals surface area contributed by atoms with Crippen molar-refractivity contribution in [2.45, 2.75) is 131 Å². The first-order valence-electron chi connectivity index (χ1n) is 35.7. The number of fused-ring (bicyclic) bond motifs is 12. The second-order valence-corrected chi connectivity index (χ2v) is 33.1. The van der Waals surface area contributed by atoms with Crippen LogP contribution in [0, 0.1) is 0 Å². The third kappa shape index (κ3) is 10.4. The summed E-state index contributed by atoms with van der Waals surface area (Å²) in [5.41, 5.74) is 19.8. The lowest BCUT2D eigenvalue weighted by Gasteiger charge is -2.44. The Morgan fingerprint density at radius 1 is 0.307 bits per heavy atom. The average Bonchev–Trinajstić information content (AvgIpc) is 1.20. The number of pyridine rings is 2. The van der Waals surface area contributed by atoms with E-state index in [-0.39, 0.29) is 33.8 Å². The maximum Gasteiger partial charge on any atom is 0.256 e. The summed E-state index contributed by atoms with van der Waals surface area (Å²) in [6, 6.07) is 89.4. The highest BCUT2D eigenvalue weighted by Gasteiger charge is 2.47. The minimum Gasteiger partial charge on any atom is -0.454 e. The molecule has 17 rings (SSSR count). The summed E-state index contributed by atoms with van der Waals surface area (Å²) in [6.45, 7) is 34.1. The van der Waals surface area contributed by atoms with E-state index < -0.39 is 0 Å². The molecule has 11 aromatic carbocycles. The van der Waals surface area contributed by atoms with Crippen molar-refractivity contribution in [1.29, 1.82) is 0 Å². The van der Waals surface area contributed by atoms with Crippen molar-refractivity contribution >= 4 is 157 Å². The Hall–Kier alpha value is -10.9. The predicted molar refractivity (Wildman–Crippen MR) is 428 cm³/mol. The van der Waals surface area contributed by atoms with Crippen LogP contribution in [0.5, 0.6) is 0 Å². The van der Waals surface area contributed by atoms with Gasteiger partial charge in [-0.2, -0.15) is 0 Å². The van der Waals surface area contributed by atoms with Crippen molar-refractivity contribution in [2.24, 2.45) is 0 Å². The van der Waals surface area contributed by atoms with Gasteiger partial charge < -0.3 is 8.83 Å². The zero-order valence-corrected chi connectivity index (χ0v) is 60.7. The Morgan fingerprint density at radius 3 is 1.04 bits per heavy atom. The molecule has 0 saturated carbocycles. The predicted octanol–water partition coefficient (Wildman–Crippen LogP) is 24.1. The van der Waals surface area contributed by atoms with Gasteiger partial charge in [0.25, 0.3) is 6.71 Å². The number of hydrogen-bond acceptors (Lipinski definition) is 8. The summed E-state index contributed by atoms with van der Waals surface area (Å²) in [5.74, 6) is 3.15. The Balaban J connectivity index is 0.989. The number of para-hydroxylation sites is 4. The van der Waals surface area contributed by atoms with Gasteiger partial charge >= 0.3 is 0 Å². The molecule has 6 heterocycles. The maximum absolute atomic E-state index is 7.19. The van der Waals surface area contributed by atoms with E-state index >= 15 is 0 Å². The van der Waals surface area contributed by atoms with Crippen LogP contribution in [0.1, 0.15) is 132 Å². The first-order chi connectivity index (χ1) is 48.3. The van der Waals surface area contributed by atoms with E-state index in [1.165, 1.54) is 33.0 Å². The topological polar surface area (TPSA) is 65.0 Å². The van der Waals surface area contributed by atoms with Crippen molar-refractivity contribution in [2.75, 3.05) is 19.6 Å². The molecule has 8 nitrogen and oxygen atoms in total. The molecule has 0 radical (unpaired) electrons. The Bertz CT molecular complexity index is 5500. The molecule has 0 bridgehead atoms. The van der Waals surface area contributed by atoms with Crippen LogP contribution in [0.4, 0.5) is 68.8 Å². The van der Waals surface area contributed by atoms with E-state index in [9.17, 15) is 0 Å². The van der Waals surface area contributed by atoms with Gasteiger partial charge in [-0.05, 0) is 167 Å². The number of rotatable bonds is 8. The van der Waals surface area contributed by atoms with Crippen molar-refractivity contribution in [3.05, 3.63) is 270 Å². The molecular formula is C92H85BN6O2. The van der Waals surface area contributed by atoms with Crippen LogP contribution in [0.15, 0.2) is 251 Å².